The first-order chi connectivity index (χ1) is 8.04. The van der Waals surface area contributed by atoms with Crippen molar-refractivity contribution in [3.63, 3.8) is 0 Å². The van der Waals surface area contributed by atoms with E-state index in [1.54, 1.807) is 7.11 Å². The molecule has 1 amide bonds. The molecule has 0 aliphatic heterocycles. The highest BCUT2D eigenvalue weighted by atomic mass is 16.5. The van der Waals surface area contributed by atoms with Gasteiger partial charge in [0.25, 0.3) is 0 Å². The number of ether oxygens (including phenoxy) is 1. The molecule has 1 aliphatic rings. The number of rotatable bonds is 7. The molecular weight excluding hydrogens is 216 g/mol. The summed E-state index contributed by atoms with van der Waals surface area (Å²) in [6, 6.07) is 0.239. The third kappa shape index (κ3) is 3.68. The molecule has 2 N–H and O–H groups in total. The van der Waals surface area contributed by atoms with E-state index in [0.29, 0.717) is 13.0 Å². The highest BCUT2D eigenvalue weighted by Gasteiger charge is 2.40. The molecule has 1 aliphatic carbocycles. The van der Waals surface area contributed by atoms with Gasteiger partial charge in [-0.25, -0.2) is 0 Å². The fourth-order valence-corrected chi connectivity index (χ4v) is 2.33. The highest BCUT2D eigenvalue weighted by Crippen LogP contribution is 2.38. The molecule has 0 atom stereocenters. The van der Waals surface area contributed by atoms with Gasteiger partial charge < -0.3 is 15.4 Å². The SMILES string of the molecule is COC1(CC(=O)N(CCCN)C(C)C)CCC1. The van der Waals surface area contributed by atoms with Crippen LogP contribution >= 0.6 is 0 Å². The molecule has 1 rings (SSSR count). The fourth-order valence-electron chi connectivity index (χ4n) is 2.33. The Labute approximate surface area is 104 Å². The molecule has 1 fully saturated rings. The van der Waals surface area contributed by atoms with Crippen LogP contribution in [0.2, 0.25) is 0 Å². The molecular formula is C13H26N2O2. The largest absolute Gasteiger partial charge is 0.378 e. The van der Waals surface area contributed by atoms with Gasteiger partial charge >= 0.3 is 0 Å². The maximum atomic E-state index is 12.3. The van der Waals surface area contributed by atoms with Crippen molar-refractivity contribution >= 4 is 5.91 Å². The summed E-state index contributed by atoms with van der Waals surface area (Å²) in [5.74, 6) is 0.204. The monoisotopic (exact) mass is 242 g/mol. The molecule has 4 nitrogen and oxygen atoms in total. The maximum Gasteiger partial charge on any atom is 0.225 e. The second-order valence-corrected chi connectivity index (χ2v) is 5.24. The summed E-state index contributed by atoms with van der Waals surface area (Å²) in [6.45, 7) is 5.49. The Hall–Kier alpha value is -0.610. The predicted molar refractivity (Wildman–Crippen MR) is 68.7 cm³/mol. The molecule has 0 aromatic heterocycles. The Kier molecular flexibility index (Phi) is 5.40. The van der Waals surface area contributed by atoms with Crippen LogP contribution in [-0.2, 0) is 9.53 Å². The van der Waals surface area contributed by atoms with E-state index in [9.17, 15) is 4.79 Å². The van der Waals surface area contributed by atoms with Gasteiger partial charge in [-0.05, 0) is 46.1 Å². The number of hydrogen-bond donors (Lipinski definition) is 1. The zero-order valence-corrected chi connectivity index (χ0v) is 11.4. The van der Waals surface area contributed by atoms with Crippen molar-refractivity contribution in [3.8, 4) is 0 Å². The highest BCUT2D eigenvalue weighted by molar-refractivity contribution is 5.77. The van der Waals surface area contributed by atoms with Gasteiger partial charge in [0.15, 0.2) is 0 Å². The third-order valence-corrected chi connectivity index (χ3v) is 3.72. The van der Waals surface area contributed by atoms with E-state index in [2.05, 4.69) is 13.8 Å². The summed E-state index contributed by atoms with van der Waals surface area (Å²) >= 11 is 0. The first kappa shape index (κ1) is 14.5. The van der Waals surface area contributed by atoms with E-state index in [-0.39, 0.29) is 17.6 Å². The minimum atomic E-state index is -0.174. The Balaban J connectivity index is 2.52. The first-order valence-corrected chi connectivity index (χ1v) is 6.59. The zero-order valence-electron chi connectivity index (χ0n) is 11.4. The first-order valence-electron chi connectivity index (χ1n) is 6.59. The summed E-state index contributed by atoms with van der Waals surface area (Å²) in [4.78, 5) is 14.2. The van der Waals surface area contributed by atoms with E-state index in [1.165, 1.54) is 6.42 Å². The van der Waals surface area contributed by atoms with Gasteiger partial charge in [-0.2, -0.15) is 0 Å². The lowest BCUT2D eigenvalue weighted by atomic mass is 9.77. The molecule has 1 saturated carbocycles. The van der Waals surface area contributed by atoms with Crippen LogP contribution in [0.1, 0.15) is 46.0 Å². The molecule has 0 heterocycles. The van der Waals surface area contributed by atoms with Crippen molar-refractivity contribution in [2.24, 2.45) is 5.73 Å². The van der Waals surface area contributed by atoms with Crippen molar-refractivity contribution in [2.75, 3.05) is 20.2 Å². The molecule has 4 heteroatoms. The Bertz CT molecular complexity index is 244. The number of methoxy groups -OCH3 is 1. The predicted octanol–water partition coefficient (Wildman–Crippen LogP) is 1.53. The number of nitrogens with zero attached hydrogens (tertiary/aromatic N) is 1. The Morgan fingerprint density at radius 2 is 2.12 bits per heavy atom. The topological polar surface area (TPSA) is 55.6 Å². The maximum absolute atomic E-state index is 12.3. The number of amides is 1. The van der Waals surface area contributed by atoms with E-state index < -0.39 is 0 Å². The molecule has 100 valence electrons. The summed E-state index contributed by atoms with van der Waals surface area (Å²) < 4.78 is 5.51. The molecule has 0 bridgehead atoms. The van der Waals surface area contributed by atoms with Gasteiger partial charge in [-0.1, -0.05) is 0 Å². The number of carbonyl (C=O) groups is 1. The van der Waals surface area contributed by atoms with Crippen LogP contribution in [0.25, 0.3) is 0 Å². The third-order valence-electron chi connectivity index (χ3n) is 3.72. The number of carbonyl (C=O) groups excluding carboxylic acids is 1. The van der Waals surface area contributed by atoms with Gasteiger partial charge in [-0.3, -0.25) is 4.79 Å². The van der Waals surface area contributed by atoms with E-state index in [1.807, 2.05) is 4.90 Å². The molecule has 0 spiro atoms. The molecule has 0 saturated heterocycles. The van der Waals surface area contributed by atoms with Gasteiger partial charge in [0, 0.05) is 19.7 Å². The second kappa shape index (κ2) is 6.36. The van der Waals surface area contributed by atoms with E-state index in [4.69, 9.17) is 10.5 Å². The number of hydrogen-bond acceptors (Lipinski definition) is 3. The van der Waals surface area contributed by atoms with Crippen molar-refractivity contribution in [3.05, 3.63) is 0 Å². The quantitative estimate of drug-likeness (QED) is 0.736. The van der Waals surface area contributed by atoms with Crippen LogP contribution in [-0.4, -0.2) is 42.6 Å². The van der Waals surface area contributed by atoms with Crippen LogP contribution in [0, 0.1) is 0 Å². The minimum Gasteiger partial charge on any atom is -0.378 e. The molecule has 17 heavy (non-hydrogen) atoms. The molecule has 0 unspecified atom stereocenters. The minimum absolute atomic E-state index is 0.174. The Morgan fingerprint density at radius 3 is 2.47 bits per heavy atom. The average Bonchev–Trinajstić information content (AvgIpc) is 2.23. The van der Waals surface area contributed by atoms with Crippen LogP contribution in [0.5, 0.6) is 0 Å². The van der Waals surface area contributed by atoms with Gasteiger partial charge in [0.05, 0.1) is 12.0 Å². The zero-order chi connectivity index (χ0) is 12.9. The second-order valence-electron chi connectivity index (χ2n) is 5.24. The van der Waals surface area contributed by atoms with Crippen molar-refractivity contribution < 1.29 is 9.53 Å². The van der Waals surface area contributed by atoms with Gasteiger partial charge in [0.1, 0.15) is 0 Å². The van der Waals surface area contributed by atoms with E-state index in [0.717, 1.165) is 25.8 Å². The lowest BCUT2D eigenvalue weighted by Gasteiger charge is -2.41. The summed E-state index contributed by atoms with van der Waals surface area (Å²) in [7, 11) is 1.71. The van der Waals surface area contributed by atoms with Crippen LogP contribution < -0.4 is 5.73 Å². The van der Waals surface area contributed by atoms with Crippen molar-refractivity contribution in [1.29, 1.82) is 0 Å². The van der Waals surface area contributed by atoms with Crippen LogP contribution in [0.15, 0.2) is 0 Å². The van der Waals surface area contributed by atoms with Crippen molar-refractivity contribution in [1.82, 2.24) is 4.90 Å². The van der Waals surface area contributed by atoms with Crippen LogP contribution in [0.3, 0.4) is 0 Å². The summed E-state index contributed by atoms with van der Waals surface area (Å²) in [5, 5.41) is 0. The normalized spacial score (nSPS) is 17.9. The molecule has 0 radical (unpaired) electrons. The smallest absolute Gasteiger partial charge is 0.225 e. The van der Waals surface area contributed by atoms with Crippen molar-refractivity contribution in [2.45, 2.75) is 57.6 Å². The molecule has 0 aromatic carbocycles. The Morgan fingerprint density at radius 1 is 1.47 bits per heavy atom. The lowest BCUT2D eigenvalue weighted by Crippen LogP contribution is -2.47. The average molecular weight is 242 g/mol. The molecule has 0 aromatic rings. The van der Waals surface area contributed by atoms with Gasteiger partial charge in [0.2, 0.25) is 5.91 Å². The standard InChI is InChI=1S/C13H26N2O2/c1-11(2)15(9-5-8-14)12(16)10-13(17-3)6-4-7-13/h11H,4-10,14H2,1-3H3. The summed E-state index contributed by atoms with van der Waals surface area (Å²) in [5.41, 5.74) is 5.33. The van der Waals surface area contributed by atoms with Gasteiger partial charge in [-0.15, -0.1) is 0 Å². The fraction of sp³-hybridized carbons (Fsp3) is 0.923. The summed E-state index contributed by atoms with van der Waals surface area (Å²) in [6.07, 6.45) is 4.58. The number of nitrogens with two attached hydrogens (primary N) is 1. The lowest BCUT2D eigenvalue weighted by molar-refractivity contribution is -0.145. The van der Waals surface area contributed by atoms with Crippen LogP contribution in [0.4, 0.5) is 0 Å². The van der Waals surface area contributed by atoms with E-state index >= 15 is 0 Å².